The van der Waals surface area contributed by atoms with Gasteiger partial charge in [-0.3, -0.25) is 10.1 Å². The Hall–Kier alpha value is -2.36. The second-order valence-electron chi connectivity index (χ2n) is 6.02. The molecule has 0 aliphatic heterocycles. The standard InChI is InChI=1S/C20H26N4O3.HI/c1-4-21-20(22-13-16-7-6-8-18(12-16)24(25)26)23-14-17-10-9-15(3)11-19(17)27-5-2;/h6-12H,4-5,13-14H2,1-3H3,(H2,21,22,23);1H. The minimum atomic E-state index is -0.399. The number of nitro groups is 1. The van der Waals surface area contributed by atoms with E-state index in [4.69, 9.17) is 4.74 Å². The zero-order chi connectivity index (χ0) is 19.6. The van der Waals surface area contributed by atoms with Gasteiger partial charge in [-0.15, -0.1) is 24.0 Å². The van der Waals surface area contributed by atoms with Gasteiger partial charge in [-0.25, -0.2) is 4.99 Å². The fourth-order valence-electron chi connectivity index (χ4n) is 2.56. The zero-order valence-electron chi connectivity index (χ0n) is 16.4. The fourth-order valence-corrected chi connectivity index (χ4v) is 2.56. The first-order valence-corrected chi connectivity index (χ1v) is 9.01. The molecule has 2 rings (SSSR count). The lowest BCUT2D eigenvalue weighted by atomic mass is 10.1. The van der Waals surface area contributed by atoms with Crippen LogP contribution in [0.2, 0.25) is 0 Å². The number of aliphatic imine (C=N–C) groups is 1. The summed E-state index contributed by atoms with van der Waals surface area (Å²) in [6.45, 7) is 8.22. The summed E-state index contributed by atoms with van der Waals surface area (Å²) in [4.78, 5) is 15.0. The van der Waals surface area contributed by atoms with Gasteiger partial charge in [0, 0.05) is 30.8 Å². The van der Waals surface area contributed by atoms with Gasteiger partial charge in [-0.1, -0.05) is 24.3 Å². The van der Waals surface area contributed by atoms with Gasteiger partial charge in [-0.05, 0) is 38.0 Å². The number of nitrogens with zero attached hydrogens (tertiary/aromatic N) is 2. The lowest BCUT2D eigenvalue weighted by Gasteiger charge is -2.14. The number of halogens is 1. The molecule has 0 aromatic heterocycles. The molecular formula is C20H27IN4O3. The average Bonchev–Trinajstić information content (AvgIpc) is 2.65. The van der Waals surface area contributed by atoms with E-state index in [1.165, 1.54) is 6.07 Å². The van der Waals surface area contributed by atoms with Crippen LogP contribution >= 0.6 is 24.0 Å². The number of hydrogen-bond donors (Lipinski definition) is 2. The molecular weight excluding hydrogens is 471 g/mol. The Labute approximate surface area is 182 Å². The van der Waals surface area contributed by atoms with Crippen LogP contribution in [0.3, 0.4) is 0 Å². The molecule has 152 valence electrons. The maximum Gasteiger partial charge on any atom is 0.269 e. The topological polar surface area (TPSA) is 88.8 Å². The zero-order valence-corrected chi connectivity index (χ0v) is 18.7. The molecule has 2 aromatic rings. The number of guanidine groups is 1. The van der Waals surface area contributed by atoms with Crippen molar-refractivity contribution < 1.29 is 9.66 Å². The highest BCUT2D eigenvalue weighted by atomic mass is 127. The van der Waals surface area contributed by atoms with Crippen LogP contribution in [-0.4, -0.2) is 24.0 Å². The summed E-state index contributed by atoms with van der Waals surface area (Å²) in [6, 6.07) is 12.6. The van der Waals surface area contributed by atoms with E-state index in [0.717, 1.165) is 22.4 Å². The van der Waals surface area contributed by atoms with Gasteiger partial charge < -0.3 is 15.4 Å². The minimum Gasteiger partial charge on any atom is -0.494 e. The highest BCUT2D eigenvalue weighted by Crippen LogP contribution is 2.20. The smallest absolute Gasteiger partial charge is 0.269 e. The van der Waals surface area contributed by atoms with Crippen LogP contribution in [0.1, 0.15) is 30.5 Å². The van der Waals surface area contributed by atoms with Gasteiger partial charge in [-0.2, -0.15) is 0 Å². The van der Waals surface area contributed by atoms with Crippen molar-refractivity contribution in [1.29, 1.82) is 0 Å². The molecule has 0 atom stereocenters. The van der Waals surface area contributed by atoms with Gasteiger partial charge in [0.1, 0.15) is 5.75 Å². The number of nitro benzene ring substituents is 1. The monoisotopic (exact) mass is 498 g/mol. The van der Waals surface area contributed by atoms with E-state index in [-0.39, 0.29) is 29.7 Å². The van der Waals surface area contributed by atoms with E-state index in [0.29, 0.717) is 32.2 Å². The van der Waals surface area contributed by atoms with E-state index in [1.807, 2.05) is 45.0 Å². The predicted molar refractivity (Wildman–Crippen MR) is 123 cm³/mol. The summed E-state index contributed by atoms with van der Waals surface area (Å²) in [6.07, 6.45) is 0. The molecule has 0 amide bonds. The summed E-state index contributed by atoms with van der Waals surface area (Å²) >= 11 is 0. The lowest BCUT2D eigenvalue weighted by Crippen LogP contribution is -2.36. The Bertz CT molecular complexity index is 812. The van der Waals surface area contributed by atoms with Crippen LogP contribution < -0.4 is 15.4 Å². The van der Waals surface area contributed by atoms with Crippen LogP contribution in [0.4, 0.5) is 5.69 Å². The van der Waals surface area contributed by atoms with Crippen molar-refractivity contribution in [2.45, 2.75) is 33.9 Å². The second-order valence-corrected chi connectivity index (χ2v) is 6.02. The normalized spacial score (nSPS) is 10.8. The highest BCUT2D eigenvalue weighted by Gasteiger charge is 2.07. The van der Waals surface area contributed by atoms with Crippen LogP contribution in [0, 0.1) is 17.0 Å². The van der Waals surface area contributed by atoms with Gasteiger partial charge in [0.05, 0.1) is 18.1 Å². The maximum atomic E-state index is 10.9. The molecule has 0 spiro atoms. The Kier molecular flexibility index (Phi) is 10.3. The van der Waals surface area contributed by atoms with Gasteiger partial charge >= 0.3 is 0 Å². The third-order valence-electron chi connectivity index (χ3n) is 3.85. The minimum absolute atomic E-state index is 0. The van der Waals surface area contributed by atoms with Crippen molar-refractivity contribution in [3.63, 3.8) is 0 Å². The highest BCUT2D eigenvalue weighted by molar-refractivity contribution is 14.0. The van der Waals surface area contributed by atoms with Gasteiger partial charge in [0.15, 0.2) is 5.96 Å². The lowest BCUT2D eigenvalue weighted by molar-refractivity contribution is -0.384. The quantitative estimate of drug-likeness (QED) is 0.188. The summed E-state index contributed by atoms with van der Waals surface area (Å²) in [7, 11) is 0. The number of ether oxygens (including phenoxy) is 1. The van der Waals surface area contributed by atoms with E-state index in [1.54, 1.807) is 12.1 Å². The molecule has 0 aliphatic carbocycles. The summed E-state index contributed by atoms with van der Waals surface area (Å²) in [5, 5.41) is 17.4. The first-order valence-electron chi connectivity index (χ1n) is 9.01. The molecule has 0 saturated carbocycles. The Balaban J connectivity index is 0.00000392. The molecule has 8 heteroatoms. The Morgan fingerprint density at radius 2 is 1.96 bits per heavy atom. The van der Waals surface area contributed by atoms with E-state index >= 15 is 0 Å². The van der Waals surface area contributed by atoms with E-state index < -0.39 is 4.92 Å². The third kappa shape index (κ3) is 7.34. The summed E-state index contributed by atoms with van der Waals surface area (Å²) in [5.41, 5.74) is 3.05. The fraction of sp³-hybridized carbons (Fsp3) is 0.350. The third-order valence-corrected chi connectivity index (χ3v) is 3.85. The first-order chi connectivity index (χ1) is 13.0. The van der Waals surface area contributed by atoms with E-state index in [9.17, 15) is 10.1 Å². The van der Waals surface area contributed by atoms with Crippen molar-refractivity contribution in [1.82, 2.24) is 10.6 Å². The number of nitrogens with one attached hydrogen (secondary N) is 2. The van der Waals surface area contributed by atoms with Crippen molar-refractivity contribution in [2.75, 3.05) is 13.2 Å². The van der Waals surface area contributed by atoms with Crippen molar-refractivity contribution >= 4 is 35.6 Å². The number of hydrogen-bond acceptors (Lipinski definition) is 4. The molecule has 0 fully saturated rings. The Morgan fingerprint density at radius 3 is 2.64 bits per heavy atom. The molecule has 28 heavy (non-hydrogen) atoms. The molecule has 0 aliphatic rings. The SMILES string of the molecule is CCNC(=NCc1cccc([N+](=O)[O-])c1)NCc1ccc(C)cc1OCC.I. The van der Waals surface area contributed by atoms with Gasteiger partial charge in [0.25, 0.3) is 5.69 Å². The predicted octanol–water partition coefficient (Wildman–Crippen LogP) is 4.18. The second kappa shape index (κ2) is 12.2. The molecule has 0 saturated heterocycles. The molecule has 0 unspecified atom stereocenters. The van der Waals surface area contributed by atoms with Crippen LogP contribution in [-0.2, 0) is 13.1 Å². The van der Waals surface area contributed by atoms with Crippen molar-refractivity contribution in [2.24, 2.45) is 4.99 Å². The van der Waals surface area contributed by atoms with Crippen LogP contribution in [0.5, 0.6) is 5.75 Å². The molecule has 0 heterocycles. The van der Waals surface area contributed by atoms with Crippen LogP contribution in [0.15, 0.2) is 47.5 Å². The maximum absolute atomic E-state index is 10.9. The number of non-ortho nitro benzene ring substituents is 1. The number of aryl methyl sites for hydroxylation is 1. The molecule has 7 nitrogen and oxygen atoms in total. The average molecular weight is 498 g/mol. The number of benzene rings is 2. The van der Waals surface area contributed by atoms with E-state index in [2.05, 4.69) is 15.6 Å². The summed E-state index contributed by atoms with van der Waals surface area (Å²) in [5.74, 6) is 1.51. The summed E-state index contributed by atoms with van der Waals surface area (Å²) < 4.78 is 5.71. The Morgan fingerprint density at radius 1 is 1.18 bits per heavy atom. The van der Waals surface area contributed by atoms with Crippen LogP contribution in [0.25, 0.3) is 0 Å². The van der Waals surface area contributed by atoms with Crippen molar-refractivity contribution in [3.05, 3.63) is 69.3 Å². The molecule has 0 bridgehead atoms. The first kappa shape index (κ1) is 23.7. The largest absolute Gasteiger partial charge is 0.494 e. The van der Waals surface area contributed by atoms with Gasteiger partial charge in [0.2, 0.25) is 0 Å². The van der Waals surface area contributed by atoms with Crippen molar-refractivity contribution in [3.8, 4) is 5.75 Å². The molecule has 2 N–H and O–H groups in total. The number of rotatable bonds is 8. The molecule has 0 radical (unpaired) electrons. The molecule has 2 aromatic carbocycles.